The topological polar surface area (TPSA) is 61.0 Å². The van der Waals surface area contributed by atoms with Crippen molar-refractivity contribution in [3.05, 3.63) is 42.2 Å². The zero-order chi connectivity index (χ0) is 13.2. The van der Waals surface area contributed by atoms with Crippen molar-refractivity contribution >= 4 is 5.82 Å². The van der Waals surface area contributed by atoms with E-state index in [9.17, 15) is 0 Å². The quantitative estimate of drug-likeness (QED) is 0.880. The minimum atomic E-state index is 0.0841. The molecule has 0 aliphatic carbocycles. The van der Waals surface area contributed by atoms with E-state index in [1.807, 2.05) is 18.2 Å². The molecule has 94 valence electrons. The largest absolute Gasteiger partial charge is 0.437 e. The van der Waals surface area contributed by atoms with Gasteiger partial charge in [0.15, 0.2) is 0 Å². The first-order valence-electron chi connectivity index (χ1n) is 5.81. The number of nitrogens with zero attached hydrogens (tertiary/aromatic N) is 2. The molecular formula is C14H17N3O. The van der Waals surface area contributed by atoms with E-state index in [1.165, 1.54) is 11.8 Å². The van der Waals surface area contributed by atoms with Crippen molar-refractivity contribution in [1.82, 2.24) is 9.97 Å². The lowest BCUT2D eigenvalue weighted by Crippen LogP contribution is -2.10. The van der Waals surface area contributed by atoms with Gasteiger partial charge >= 0.3 is 0 Å². The van der Waals surface area contributed by atoms with Crippen LogP contribution in [0.4, 0.5) is 5.82 Å². The van der Waals surface area contributed by atoms with Crippen molar-refractivity contribution in [2.24, 2.45) is 0 Å². The lowest BCUT2D eigenvalue weighted by Gasteiger charge is -2.19. The molecule has 18 heavy (non-hydrogen) atoms. The van der Waals surface area contributed by atoms with Crippen LogP contribution in [0, 0.1) is 0 Å². The fraction of sp³-hybridized carbons (Fsp3) is 0.286. The van der Waals surface area contributed by atoms with Gasteiger partial charge in [-0.2, -0.15) is 4.98 Å². The van der Waals surface area contributed by atoms with Gasteiger partial charge in [0.2, 0.25) is 5.88 Å². The van der Waals surface area contributed by atoms with E-state index < -0.39 is 0 Å². The first-order chi connectivity index (χ1) is 8.45. The van der Waals surface area contributed by atoms with Gasteiger partial charge in [-0.25, -0.2) is 0 Å². The SMILES string of the molecule is CC(C)(C)c1cccc(Oc2cncc(N)n2)c1. The second-order valence-corrected chi connectivity index (χ2v) is 5.16. The lowest BCUT2D eigenvalue weighted by atomic mass is 9.87. The van der Waals surface area contributed by atoms with Crippen molar-refractivity contribution in [3.63, 3.8) is 0 Å². The second-order valence-electron chi connectivity index (χ2n) is 5.16. The molecule has 0 bridgehead atoms. The summed E-state index contributed by atoms with van der Waals surface area (Å²) in [5.41, 5.74) is 6.85. The summed E-state index contributed by atoms with van der Waals surface area (Å²) in [4.78, 5) is 7.99. The number of hydrogen-bond donors (Lipinski definition) is 1. The van der Waals surface area contributed by atoms with Crippen LogP contribution in [-0.4, -0.2) is 9.97 Å². The number of ether oxygens (including phenoxy) is 1. The van der Waals surface area contributed by atoms with Crippen LogP contribution in [0.3, 0.4) is 0 Å². The molecule has 0 amide bonds. The summed E-state index contributed by atoms with van der Waals surface area (Å²) in [6, 6.07) is 7.94. The van der Waals surface area contributed by atoms with Gasteiger partial charge in [0.1, 0.15) is 11.6 Å². The summed E-state index contributed by atoms with van der Waals surface area (Å²) in [5.74, 6) is 1.49. The number of hydrogen-bond acceptors (Lipinski definition) is 4. The standard InChI is InChI=1S/C14H17N3O/c1-14(2,3)10-5-4-6-11(7-10)18-13-9-16-8-12(15)17-13/h4-9H,1-3H3,(H2,15,17). The fourth-order valence-corrected chi connectivity index (χ4v) is 1.56. The summed E-state index contributed by atoms with van der Waals surface area (Å²) in [7, 11) is 0. The maximum Gasteiger partial charge on any atom is 0.239 e. The van der Waals surface area contributed by atoms with Crippen LogP contribution in [0.5, 0.6) is 11.6 Å². The van der Waals surface area contributed by atoms with Gasteiger partial charge in [0.05, 0.1) is 12.4 Å². The van der Waals surface area contributed by atoms with E-state index in [4.69, 9.17) is 10.5 Å². The first-order valence-corrected chi connectivity index (χ1v) is 5.81. The molecule has 4 heteroatoms. The minimum Gasteiger partial charge on any atom is -0.437 e. The molecule has 0 saturated heterocycles. The maximum atomic E-state index is 5.64. The molecule has 0 radical (unpaired) electrons. The van der Waals surface area contributed by atoms with Crippen LogP contribution in [0.1, 0.15) is 26.3 Å². The molecule has 2 aromatic rings. The second kappa shape index (κ2) is 4.64. The highest BCUT2D eigenvalue weighted by atomic mass is 16.5. The molecule has 4 nitrogen and oxygen atoms in total. The molecule has 1 aromatic carbocycles. The van der Waals surface area contributed by atoms with Crippen LogP contribution < -0.4 is 10.5 Å². The average molecular weight is 243 g/mol. The van der Waals surface area contributed by atoms with Gasteiger partial charge in [-0.05, 0) is 23.1 Å². The Balaban J connectivity index is 2.25. The van der Waals surface area contributed by atoms with Crippen molar-refractivity contribution in [3.8, 4) is 11.6 Å². The molecule has 1 aromatic heterocycles. The van der Waals surface area contributed by atoms with E-state index in [2.05, 4.69) is 36.8 Å². The Bertz CT molecular complexity index is 547. The lowest BCUT2D eigenvalue weighted by molar-refractivity contribution is 0.458. The predicted octanol–water partition coefficient (Wildman–Crippen LogP) is 3.15. The van der Waals surface area contributed by atoms with Crippen LogP contribution in [0.2, 0.25) is 0 Å². The first kappa shape index (κ1) is 12.4. The molecule has 0 unspecified atom stereocenters. The third kappa shape index (κ3) is 2.97. The zero-order valence-electron chi connectivity index (χ0n) is 10.8. The normalized spacial score (nSPS) is 11.3. The average Bonchev–Trinajstić information content (AvgIpc) is 2.28. The number of benzene rings is 1. The molecule has 0 fully saturated rings. The molecule has 0 spiro atoms. The Morgan fingerprint density at radius 1 is 1.17 bits per heavy atom. The Labute approximate surface area is 107 Å². The number of nitrogens with two attached hydrogens (primary N) is 1. The van der Waals surface area contributed by atoms with Crippen LogP contribution in [0.15, 0.2) is 36.7 Å². The van der Waals surface area contributed by atoms with Gasteiger partial charge in [-0.15, -0.1) is 0 Å². The van der Waals surface area contributed by atoms with E-state index in [-0.39, 0.29) is 5.41 Å². The van der Waals surface area contributed by atoms with E-state index >= 15 is 0 Å². The smallest absolute Gasteiger partial charge is 0.239 e. The number of nitrogen functional groups attached to an aromatic ring is 1. The van der Waals surface area contributed by atoms with E-state index in [1.54, 1.807) is 6.20 Å². The fourth-order valence-electron chi connectivity index (χ4n) is 1.56. The molecule has 0 aliphatic heterocycles. The highest BCUT2D eigenvalue weighted by Gasteiger charge is 2.14. The van der Waals surface area contributed by atoms with Crippen LogP contribution in [0.25, 0.3) is 0 Å². The third-order valence-corrected chi connectivity index (χ3v) is 2.55. The third-order valence-electron chi connectivity index (χ3n) is 2.55. The predicted molar refractivity (Wildman–Crippen MR) is 71.7 cm³/mol. The number of rotatable bonds is 2. The molecule has 1 heterocycles. The monoisotopic (exact) mass is 243 g/mol. The van der Waals surface area contributed by atoms with Crippen molar-refractivity contribution in [2.45, 2.75) is 26.2 Å². The highest BCUT2D eigenvalue weighted by molar-refractivity contribution is 5.35. The maximum absolute atomic E-state index is 5.64. The Kier molecular flexibility index (Phi) is 3.19. The van der Waals surface area contributed by atoms with Gasteiger partial charge in [0, 0.05) is 0 Å². The molecule has 2 N–H and O–H groups in total. The van der Waals surface area contributed by atoms with E-state index in [0.717, 1.165) is 5.75 Å². The summed E-state index contributed by atoms with van der Waals surface area (Å²) < 4.78 is 5.64. The summed E-state index contributed by atoms with van der Waals surface area (Å²) in [6.07, 6.45) is 3.03. The Morgan fingerprint density at radius 3 is 2.61 bits per heavy atom. The number of anilines is 1. The molecule has 0 atom stereocenters. The van der Waals surface area contributed by atoms with E-state index in [0.29, 0.717) is 11.7 Å². The minimum absolute atomic E-state index is 0.0841. The van der Waals surface area contributed by atoms with Crippen molar-refractivity contribution in [1.29, 1.82) is 0 Å². The van der Waals surface area contributed by atoms with Crippen molar-refractivity contribution in [2.75, 3.05) is 5.73 Å². The molecule has 2 rings (SSSR count). The summed E-state index contributed by atoms with van der Waals surface area (Å²) >= 11 is 0. The Morgan fingerprint density at radius 2 is 1.94 bits per heavy atom. The van der Waals surface area contributed by atoms with Gasteiger partial charge in [-0.3, -0.25) is 4.98 Å². The van der Waals surface area contributed by atoms with Crippen molar-refractivity contribution < 1.29 is 4.74 Å². The number of aromatic nitrogens is 2. The van der Waals surface area contributed by atoms with Crippen LogP contribution >= 0.6 is 0 Å². The van der Waals surface area contributed by atoms with Gasteiger partial charge in [0.25, 0.3) is 0 Å². The summed E-state index contributed by atoms with van der Waals surface area (Å²) in [5, 5.41) is 0. The van der Waals surface area contributed by atoms with Gasteiger partial charge in [-0.1, -0.05) is 32.9 Å². The zero-order valence-corrected chi connectivity index (χ0v) is 10.8. The summed E-state index contributed by atoms with van der Waals surface area (Å²) in [6.45, 7) is 6.48. The molecular weight excluding hydrogens is 226 g/mol. The highest BCUT2D eigenvalue weighted by Crippen LogP contribution is 2.27. The van der Waals surface area contributed by atoms with Gasteiger partial charge < -0.3 is 10.5 Å². The van der Waals surface area contributed by atoms with Crippen LogP contribution in [-0.2, 0) is 5.41 Å². The molecule has 0 saturated carbocycles. The Hall–Kier alpha value is -2.10. The molecule has 0 aliphatic rings.